The predicted octanol–water partition coefficient (Wildman–Crippen LogP) is 5.29. The number of nitrogens with zero attached hydrogens (tertiary/aromatic N) is 11. The van der Waals surface area contributed by atoms with E-state index in [0.29, 0.717) is 69.7 Å². The van der Waals surface area contributed by atoms with E-state index in [1.807, 2.05) is 47.0 Å². The van der Waals surface area contributed by atoms with Gasteiger partial charge in [-0.3, -0.25) is 4.79 Å². The van der Waals surface area contributed by atoms with Gasteiger partial charge >= 0.3 is 0 Å². The van der Waals surface area contributed by atoms with Gasteiger partial charge < -0.3 is 29.3 Å². The zero-order valence-corrected chi connectivity index (χ0v) is 33.8. The van der Waals surface area contributed by atoms with Crippen molar-refractivity contribution in [2.24, 2.45) is 10.9 Å². The number of ether oxygens (including phenoxy) is 1. The van der Waals surface area contributed by atoms with Crippen LogP contribution < -0.4 is 26.5 Å². The molecule has 4 N–H and O–H groups in total. The van der Waals surface area contributed by atoms with Gasteiger partial charge in [0.25, 0.3) is 0 Å². The SMILES string of the molecule is C=NNN.CCC1C(=O)N(C)CC(OC)Cn2c(C)nc3cc(F)cc(c32)-c2cccc(n2)NCN1c1nc(N2C3CCCC2C3)nc2c1cnn2-c1ccc(F)cc1F. The molecule has 3 aliphatic rings. The number of hydrogen-bond acceptors (Lipinski definition) is 13. The molecule has 4 unspecified atom stereocenters. The number of piperidine rings is 1. The molecule has 9 rings (SSSR count). The molecule has 60 heavy (non-hydrogen) atoms. The van der Waals surface area contributed by atoms with Gasteiger partial charge in [0, 0.05) is 57.2 Å². The first-order chi connectivity index (χ1) is 29.0. The lowest BCUT2D eigenvalue weighted by Gasteiger charge is -2.53. The number of nitrogens with two attached hydrogens (primary N) is 1. The van der Waals surface area contributed by atoms with E-state index in [0.717, 1.165) is 31.7 Å². The number of methoxy groups -OCH3 is 1. The molecule has 0 radical (unpaired) electrons. The number of amides is 1. The fraction of sp³-hybridized carbons (Fsp3) is 0.390. The van der Waals surface area contributed by atoms with Crippen molar-refractivity contribution in [2.45, 2.75) is 76.7 Å². The van der Waals surface area contributed by atoms with Crippen molar-refractivity contribution >= 4 is 52.3 Å². The molecule has 0 saturated carbocycles. The van der Waals surface area contributed by atoms with Gasteiger partial charge in [0.1, 0.15) is 40.8 Å². The first-order valence-electron chi connectivity index (χ1n) is 19.9. The fourth-order valence-corrected chi connectivity index (χ4v) is 8.72. The summed E-state index contributed by atoms with van der Waals surface area (Å²) in [5.74, 6) is 4.50. The summed E-state index contributed by atoms with van der Waals surface area (Å²) < 4.78 is 53.9. The van der Waals surface area contributed by atoms with Crippen molar-refractivity contribution in [2.75, 3.05) is 42.5 Å². The van der Waals surface area contributed by atoms with Crippen molar-refractivity contribution in [3.05, 3.63) is 78.0 Å². The molecule has 0 spiro atoms. The van der Waals surface area contributed by atoms with Crippen LogP contribution in [0.15, 0.2) is 59.8 Å². The van der Waals surface area contributed by atoms with Gasteiger partial charge in [-0.05, 0) is 69.4 Å². The highest BCUT2D eigenvalue weighted by Gasteiger charge is 2.44. The lowest BCUT2D eigenvalue weighted by Crippen LogP contribution is -2.59. The molecule has 19 heteroatoms. The van der Waals surface area contributed by atoms with Crippen LogP contribution in [0.2, 0.25) is 0 Å². The fourth-order valence-electron chi connectivity index (χ4n) is 8.72. The number of hydrazine groups is 1. The van der Waals surface area contributed by atoms with Crippen LogP contribution in [0.3, 0.4) is 0 Å². The molecule has 4 atom stereocenters. The summed E-state index contributed by atoms with van der Waals surface area (Å²) in [6.07, 6.45) is 5.68. The maximum atomic E-state index is 15.4. The Hall–Kier alpha value is -6.34. The molecule has 7 heterocycles. The van der Waals surface area contributed by atoms with E-state index in [2.05, 4.69) is 38.0 Å². The first kappa shape index (κ1) is 40.4. The van der Waals surface area contributed by atoms with Crippen LogP contribution >= 0.6 is 0 Å². The first-order valence-corrected chi connectivity index (χ1v) is 19.9. The number of pyridine rings is 1. The summed E-state index contributed by atoms with van der Waals surface area (Å²) >= 11 is 0. The minimum Gasteiger partial charge on any atom is -0.378 e. The predicted molar refractivity (Wildman–Crippen MR) is 223 cm³/mol. The van der Waals surface area contributed by atoms with Gasteiger partial charge in [0.05, 0.1) is 47.6 Å². The summed E-state index contributed by atoms with van der Waals surface area (Å²) in [6, 6.07) is 11.5. The topological polar surface area (TPSA) is 173 Å². The van der Waals surface area contributed by atoms with Crippen LogP contribution in [-0.2, 0) is 16.1 Å². The molecule has 4 bridgehead atoms. The average Bonchev–Trinajstić information content (AvgIpc) is 3.81. The van der Waals surface area contributed by atoms with E-state index >= 15 is 8.78 Å². The zero-order valence-electron chi connectivity index (χ0n) is 33.8. The van der Waals surface area contributed by atoms with E-state index in [4.69, 9.17) is 19.7 Å². The minimum atomic E-state index is -0.788. The van der Waals surface area contributed by atoms with Gasteiger partial charge in [-0.25, -0.2) is 39.2 Å². The van der Waals surface area contributed by atoms with E-state index < -0.39 is 29.6 Å². The summed E-state index contributed by atoms with van der Waals surface area (Å²) in [6.45, 7) is 7.47. The summed E-state index contributed by atoms with van der Waals surface area (Å²) in [7, 11) is 3.36. The molecule has 16 nitrogen and oxygen atoms in total. The van der Waals surface area contributed by atoms with Gasteiger partial charge in [-0.15, -0.1) is 0 Å². The molecule has 3 aliphatic heterocycles. The van der Waals surface area contributed by atoms with Crippen LogP contribution in [0.4, 0.5) is 30.8 Å². The molecule has 4 aromatic heterocycles. The Labute approximate surface area is 344 Å². The molecule has 1 amide bonds. The van der Waals surface area contributed by atoms with Crippen molar-refractivity contribution in [3.63, 3.8) is 0 Å². The highest BCUT2D eigenvalue weighted by molar-refractivity contribution is 5.94. The molecular weight excluding hydrogens is 778 g/mol. The number of imidazole rings is 1. The molecule has 0 aliphatic carbocycles. The van der Waals surface area contributed by atoms with Crippen molar-refractivity contribution in [1.82, 2.24) is 44.7 Å². The zero-order chi connectivity index (χ0) is 42.2. The van der Waals surface area contributed by atoms with Crippen LogP contribution in [-0.4, -0.2) is 103 Å². The number of carbonyl (C=O) groups excluding carboxylic acids is 1. The Morgan fingerprint density at radius 1 is 1.03 bits per heavy atom. The van der Waals surface area contributed by atoms with E-state index in [1.54, 1.807) is 25.3 Å². The lowest BCUT2D eigenvalue weighted by molar-refractivity contribution is -0.133. The molecule has 6 aromatic rings. The average molecular weight is 825 g/mol. The molecule has 2 aromatic carbocycles. The monoisotopic (exact) mass is 824 g/mol. The number of halogens is 3. The van der Waals surface area contributed by atoms with E-state index in [9.17, 15) is 9.18 Å². The van der Waals surface area contributed by atoms with Crippen molar-refractivity contribution < 1.29 is 22.7 Å². The summed E-state index contributed by atoms with van der Waals surface area (Å²) in [4.78, 5) is 40.3. The molecule has 2 saturated heterocycles. The molecule has 314 valence electrons. The van der Waals surface area contributed by atoms with Gasteiger partial charge in [0.2, 0.25) is 11.9 Å². The number of rotatable bonds is 6. The Balaban J connectivity index is 0.00000120. The third-order valence-corrected chi connectivity index (χ3v) is 11.6. The van der Waals surface area contributed by atoms with Crippen molar-refractivity contribution in [1.29, 1.82) is 0 Å². The van der Waals surface area contributed by atoms with Crippen LogP contribution in [0.5, 0.6) is 0 Å². The number of nitrogens with one attached hydrogen (secondary N) is 2. The Bertz CT molecular complexity index is 2550. The second-order valence-corrected chi connectivity index (χ2v) is 15.2. The Morgan fingerprint density at radius 2 is 1.82 bits per heavy atom. The highest BCUT2D eigenvalue weighted by atomic mass is 19.1. The molecular formula is C41H47F3N14O2. The number of likely N-dealkylation sites (N-methyl/N-ethyl adjacent to an activating group) is 1. The maximum Gasteiger partial charge on any atom is 0.245 e. The van der Waals surface area contributed by atoms with Crippen molar-refractivity contribution in [3.8, 4) is 16.9 Å². The summed E-state index contributed by atoms with van der Waals surface area (Å²) in [5, 5.41) is 11.5. The number of hydrogen-bond donors (Lipinski definition) is 3. The smallest absolute Gasteiger partial charge is 0.245 e. The largest absolute Gasteiger partial charge is 0.378 e. The highest BCUT2D eigenvalue weighted by Crippen LogP contribution is 2.42. The second-order valence-electron chi connectivity index (χ2n) is 15.2. The maximum absolute atomic E-state index is 15.4. The lowest BCUT2D eigenvalue weighted by atomic mass is 9.80. The summed E-state index contributed by atoms with van der Waals surface area (Å²) in [5.41, 5.74) is 4.63. The number of anilines is 3. The number of fused-ring (bicyclic) bond motifs is 6. The number of aromatic nitrogens is 7. The Kier molecular flexibility index (Phi) is 11.3. The number of carbonyl (C=O) groups is 1. The second kappa shape index (κ2) is 16.7. The third-order valence-electron chi connectivity index (χ3n) is 11.6. The van der Waals surface area contributed by atoms with Gasteiger partial charge in [-0.2, -0.15) is 20.2 Å². The van der Waals surface area contributed by atoms with E-state index in [1.165, 1.54) is 28.9 Å². The van der Waals surface area contributed by atoms with Gasteiger partial charge in [-0.1, -0.05) is 13.0 Å². The normalized spacial score (nSPS) is 20.5. The molecule has 2 fully saturated rings. The quantitative estimate of drug-likeness (QED) is 0.113. The van der Waals surface area contributed by atoms with Crippen LogP contribution in [0.25, 0.3) is 39.0 Å². The van der Waals surface area contributed by atoms with Crippen LogP contribution in [0.1, 0.15) is 44.9 Å². The van der Waals surface area contributed by atoms with Gasteiger partial charge in [0.15, 0.2) is 11.5 Å². The number of aryl methyl sites for hydroxylation is 1. The standard InChI is InChI=1S/C40H42F3N11O2.CH5N3/c1-5-33-39(55)50(3)19-27(56-4)20-51-22(2)46-32-16-24(42)14-28(36(32)51)31-10-7-11-35(47-31)44-21-52(33)37-29-18-45-54(34-13-12-23(41)15-30(34)43)38(29)49-40(48-37)53-25-8-6-9-26(53)17-25;1-3-4-2/h7,10-16,18,25-27,33H,5-6,8-9,17,19-21H2,1-4H3,(H,44,47);4H,1-2H2. The minimum absolute atomic E-state index is 0.0350. The third kappa shape index (κ3) is 7.42. The number of hydrazone groups is 1. The van der Waals surface area contributed by atoms with Crippen LogP contribution in [0, 0.1) is 24.4 Å². The number of benzene rings is 2. The van der Waals surface area contributed by atoms with E-state index in [-0.39, 0.29) is 36.9 Å². The Morgan fingerprint density at radius 3 is 2.52 bits per heavy atom.